The van der Waals surface area contributed by atoms with Crippen molar-refractivity contribution in [2.24, 2.45) is 17.2 Å². The number of phenolic OH excluding ortho intramolecular Hbond substituents is 1. The Morgan fingerprint density at radius 1 is 1.07 bits per heavy atom. The fourth-order valence-electron chi connectivity index (χ4n) is 3.04. The van der Waals surface area contributed by atoms with Gasteiger partial charge in [0.05, 0.1) is 0 Å². The van der Waals surface area contributed by atoms with Gasteiger partial charge in [0.2, 0.25) is 0 Å². The van der Waals surface area contributed by atoms with Gasteiger partial charge >= 0.3 is 0 Å². The number of hydrogen-bond acceptors (Lipinski definition) is 6. The number of aromatic hydroxyl groups is 1. The Hall–Kier alpha value is -2.83. The third-order valence-corrected chi connectivity index (χ3v) is 5.67. The summed E-state index contributed by atoms with van der Waals surface area (Å²) in [6.45, 7) is 3.75. The number of rotatable bonds is 5. The SMILES string of the molecule is Cc1ccc(SN2CC=C(C(/C=C(\N)c3ccccc3O)=C(N)N)CC2)cc1. The molecule has 2 aromatic rings. The monoisotopic (exact) mass is 394 g/mol. The first kappa shape index (κ1) is 19.9. The molecule has 1 aliphatic heterocycles. The highest BCUT2D eigenvalue weighted by molar-refractivity contribution is 7.97. The van der Waals surface area contributed by atoms with Gasteiger partial charge in [-0.3, -0.25) is 0 Å². The molecule has 1 heterocycles. The molecular weight excluding hydrogens is 368 g/mol. The maximum Gasteiger partial charge on any atom is 0.124 e. The predicted octanol–water partition coefficient (Wildman–Crippen LogP) is 3.47. The molecule has 0 amide bonds. The van der Waals surface area contributed by atoms with E-state index in [1.54, 1.807) is 36.2 Å². The molecule has 6 heteroatoms. The van der Waals surface area contributed by atoms with E-state index in [0.717, 1.165) is 30.7 Å². The van der Waals surface area contributed by atoms with Crippen LogP contribution in [0, 0.1) is 6.92 Å². The molecular formula is C22H26N4OS. The maximum atomic E-state index is 10.0. The van der Waals surface area contributed by atoms with Gasteiger partial charge in [0.15, 0.2) is 0 Å². The van der Waals surface area contributed by atoms with Crippen molar-refractivity contribution in [3.8, 4) is 5.75 Å². The van der Waals surface area contributed by atoms with Gasteiger partial charge in [-0.15, -0.1) is 0 Å². The van der Waals surface area contributed by atoms with E-state index in [0.29, 0.717) is 11.3 Å². The Bertz CT molecular complexity index is 928. The summed E-state index contributed by atoms with van der Waals surface area (Å²) < 4.78 is 2.30. The summed E-state index contributed by atoms with van der Waals surface area (Å²) in [6.07, 6.45) is 4.70. The second kappa shape index (κ2) is 8.91. The van der Waals surface area contributed by atoms with Crippen LogP contribution in [0.1, 0.15) is 17.5 Å². The van der Waals surface area contributed by atoms with Gasteiger partial charge < -0.3 is 22.3 Å². The molecule has 0 radical (unpaired) electrons. The molecule has 7 N–H and O–H groups in total. The fourth-order valence-corrected chi connectivity index (χ4v) is 3.93. The molecule has 28 heavy (non-hydrogen) atoms. The molecule has 0 fully saturated rings. The van der Waals surface area contributed by atoms with Crippen molar-refractivity contribution < 1.29 is 5.11 Å². The number of nitrogens with two attached hydrogens (primary N) is 3. The van der Waals surface area contributed by atoms with Crippen LogP contribution in [0.2, 0.25) is 0 Å². The summed E-state index contributed by atoms with van der Waals surface area (Å²) in [6, 6.07) is 15.5. The summed E-state index contributed by atoms with van der Waals surface area (Å²) in [5, 5.41) is 10.0. The fraction of sp³-hybridized carbons (Fsp3) is 0.182. The lowest BCUT2D eigenvalue weighted by molar-refractivity contribution is 0.473. The van der Waals surface area contributed by atoms with Crippen LogP contribution in [-0.2, 0) is 0 Å². The van der Waals surface area contributed by atoms with Crippen molar-refractivity contribution in [3.05, 3.63) is 88.8 Å². The Morgan fingerprint density at radius 3 is 2.39 bits per heavy atom. The quantitative estimate of drug-likeness (QED) is 0.458. The van der Waals surface area contributed by atoms with E-state index in [9.17, 15) is 5.11 Å². The predicted molar refractivity (Wildman–Crippen MR) is 117 cm³/mol. The van der Waals surface area contributed by atoms with Crippen molar-refractivity contribution in [2.45, 2.75) is 18.2 Å². The van der Waals surface area contributed by atoms with Gasteiger partial charge in [-0.2, -0.15) is 0 Å². The van der Waals surface area contributed by atoms with E-state index < -0.39 is 0 Å². The largest absolute Gasteiger partial charge is 0.507 e. The maximum absolute atomic E-state index is 10.0. The van der Waals surface area contributed by atoms with Crippen molar-refractivity contribution in [2.75, 3.05) is 13.1 Å². The third kappa shape index (κ3) is 4.91. The number of nitrogens with zero attached hydrogens (tertiary/aromatic N) is 1. The zero-order valence-electron chi connectivity index (χ0n) is 15.9. The van der Waals surface area contributed by atoms with Crippen LogP contribution in [-0.4, -0.2) is 22.5 Å². The first-order chi connectivity index (χ1) is 13.4. The summed E-state index contributed by atoms with van der Waals surface area (Å²) >= 11 is 1.75. The number of benzene rings is 2. The number of para-hydroxylation sites is 1. The van der Waals surface area contributed by atoms with Crippen LogP contribution in [0.25, 0.3) is 5.70 Å². The standard InChI is InChI=1S/C22H26N4OS/c1-15-6-8-17(9-7-15)28-26-12-10-16(11-13-26)19(22(24)25)14-20(23)18-4-2-3-5-21(18)27/h2-10,14,27H,11-13,23-25H2,1H3/b20-14-. The van der Waals surface area contributed by atoms with Crippen LogP contribution in [0.4, 0.5) is 0 Å². The van der Waals surface area contributed by atoms with Crippen molar-refractivity contribution in [1.82, 2.24) is 4.31 Å². The second-order valence-corrected chi connectivity index (χ2v) is 7.93. The molecule has 0 bridgehead atoms. The van der Waals surface area contributed by atoms with E-state index in [1.165, 1.54) is 10.5 Å². The molecule has 0 aliphatic carbocycles. The number of allylic oxidation sites excluding steroid dienone is 2. The molecule has 1 aliphatic rings. The average Bonchev–Trinajstić information content (AvgIpc) is 2.68. The summed E-state index contributed by atoms with van der Waals surface area (Å²) in [4.78, 5) is 1.22. The number of phenols is 1. The molecule has 0 saturated heterocycles. The second-order valence-electron chi connectivity index (χ2n) is 6.76. The minimum Gasteiger partial charge on any atom is -0.507 e. The van der Waals surface area contributed by atoms with Crippen molar-refractivity contribution >= 4 is 17.6 Å². The van der Waals surface area contributed by atoms with Gasteiger partial charge in [0.1, 0.15) is 11.6 Å². The van der Waals surface area contributed by atoms with E-state index in [4.69, 9.17) is 17.2 Å². The minimum atomic E-state index is 0.129. The molecule has 146 valence electrons. The van der Waals surface area contributed by atoms with Gasteiger partial charge in [0.25, 0.3) is 0 Å². The first-order valence-corrected chi connectivity index (χ1v) is 9.91. The number of hydrogen-bond donors (Lipinski definition) is 4. The van der Waals surface area contributed by atoms with Crippen molar-refractivity contribution in [1.29, 1.82) is 0 Å². The van der Waals surface area contributed by atoms with E-state index in [-0.39, 0.29) is 11.6 Å². The molecule has 0 atom stereocenters. The lowest BCUT2D eigenvalue weighted by atomic mass is 9.97. The summed E-state index contributed by atoms with van der Waals surface area (Å²) in [5.74, 6) is 0.355. The molecule has 0 spiro atoms. The van der Waals surface area contributed by atoms with E-state index >= 15 is 0 Å². The lowest BCUT2D eigenvalue weighted by Crippen LogP contribution is -2.24. The molecule has 5 nitrogen and oxygen atoms in total. The summed E-state index contributed by atoms with van der Waals surface area (Å²) in [7, 11) is 0. The Balaban J connectivity index is 1.74. The van der Waals surface area contributed by atoms with Crippen LogP contribution < -0.4 is 17.2 Å². The smallest absolute Gasteiger partial charge is 0.124 e. The van der Waals surface area contributed by atoms with Gasteiger partial charge in [0, 0.05) is 34.8 Å². The van der Waals surface area contributed by atoms with Crippen LogP contribution in [0.15, 0.2) is 82.5 Å². The Morgan fingerprint density at radius 2 is 1.79 bits per heavy atom. The van der Waals surface area contributed by atoms with Crippen molar-refractivity contribution in [3.63, 3.8) is 0 Å². The van der Waals surface area contributed by atoms with E-state index in [1.807, 2.05) is 6.07 Å². The lowest BCUT2D eigenvalue weighted by Gasteiger charge is -2.26. The highest BCUT2D eigenvalue weighted by Gasteiger charge is 2.17. The Labute approximate surface area is 170 Å². The van der Waals surface area contributed by atoms with Crippen LogP contribution in [0.3, 0.4) is 0 Å². The summed E-state index contributed by atoms with van der Waals surface area (Å²) in [5.41, 5.74) is 22.1. The highest BCUT2D eigenvalue weighted by Crippen LogP contribution is 2.30. The van der Waals surface area contributed by atoms with E-state index in [2.05, 4.69) is 41.6 Å². The van der Waals surface area contributed by atoms with Crippen LogP contribution >= 0.6 is 11.9 Å². The van der Waals surface area contributed by atoms with Crippen LogP contribution in [0.5, 0.6) is 5.75 Å². The third-order valence-electron chi connectivity index (χ3n) is 4.60. The molecule has 0 aromatic heterocycles. The van der Waals surface area contributed by atoms with Gasteiger partial charge in [-0.25, -0.2) is 4.31 Å². The molecule has 0 saturated carbocycles. The Kier molecular flexibility index (Phi) is 6.34. The normalized spacial score (nSPS) is 15.2. The first-order valence-electron chi connectivity index (χ1n) is 9.14. The topological polar surface area (TPSA) is 102 Å². The van der Waals surface area contributed by atoms with Gasteiger partial charge in [-0.1, -0.05) is 35.9 Å². The van der Waals surface area contributed by atoms with Gasteiger partial charge in [-0.05, 0) is 61.2 Å². The zero-order chi connectivity index (χ0) is 20.1. The number of aryl methyl sites for hydroxylation is 1. The minimum absolute atomic E-state index is 0.129. The molecule has 2 aromatic carbocycles. The average molecular weight is 395 g/mol. The molecule has 0 unspecified atom stereocenters. The molecule has 3 rings (SSSR count). The highest BCUT2D eigenvalue weighted by atomic mass is 32.2. The zero-order valence-corrected chi connectivity index (χ0v) is 16.7.